The van der Waals surface area contributed by atoms with E-state index in [9.17, 15) is 21.6 Å². The molecule has 0 bridgehead atoms. The largest absolute Gasteiger partial charge is 0.417 e. The average molecular weight is 388 g/mol. The number of benzene rings is 2. The van der Waals surface area contributed by atoms with Gasteiger partial charge >= 0.3 is 6.18 Å². The fourth-order valence-electron chi connectivity index (χ4n) is 2.05. The van der Waals surface area contributed by atoms with Crippen LogP contribution in [0.15, 0.2) is 53.4 Å². The Morgan fingerprint density at radius 3 is 2.04 bits per heavy atom. The van der Waals surface area contributed by atoms with Crippen LogP contribution in [0.2, 0.25) is 0 Å². The minimum Gasteiger partial charge on any atom is -0.330 e. The molecule has 3 N–H and O–H groups in total. The predicted octanol–water partition coefficient (Wildman–Crippen LogP) is 4.42. The summed E-state index contributed by atoms with van der Waals surface area (Å²) >= 11 is 0. The van der Waals surface area contributed by atoms with Crippen molar-refractivity contribution >= 4 is 15.7 Å². The van der Waals surface area contributed by atoms with Crippen molar-refractivity contribution in [2.45, 2.75) is 37.8 Å². The van der Waals surface area contributed by atoms with Crippen LogP contribution < -0.4 is 10.5 Å². The zero-order valence-electron chi connectivity index (χ0n) is 14.7. The molecule has 0 unspecified atom stereocenters. The molecular formula is C18H23F3N2O2S. The van der Waals surface area contributed by atoms with Gasteiger partial charge in [0, 0.05) is 5.69 Å². The van der Waals surface area contributed by atoms with Gasteiger partial charge in [0.25, 0.3) is 10.0 Å². The number of hydrogen-bond acceptors (Lipinski definition) is 3. The van der Waals surface area contributed by atoms with E-state index in [1.54, 1.807) is 12.1 Å². The summed E-state index contributed by atoms with van der Waals surface area (Å²) in [5.41, 5.74) is 5.31. The lowest BCUT2D eigenvalue weighted by Gasteiger charge is -2.14. The molecule has 2 aromatic rings. The molecule has 0 atom stereocenters. The fraction of sp³-hybridized carbons (Fsp3) is 0.333. The Morgan fingerprint density at radius 1 is 1.00 bits per heavy atom. The molecule has 0 fully saturated rings. The number of rotatable bonds is 5. The Morgan fingerprint density at radius 2 is 1.54 bits per heavy atom. The van der Waals surface area contributed by atoms with E-state index in [0.29, 0.717) is 13.0 Å². The standard InChI is InChI=1S/C15H15F3N2O2S.C3H8/c16-15(17,18)13-3-1-2-4-14(13)23(21,22)20-12-7-5-11(6-8-12)9-10-19;1-3-2/h1-8,20H,9-10,19H2;3H2,1-2H3. The second kappa shape index (κ2) is 9.59. The lowest BCUT2D eigenvalue weighted by atomic mass is 10.1. The Kier molecular flexibility index (Phi) is 8.10. The molecule has 0 amide bonds. The lowest BCUT2D eigenvalue weighted by Crippen LogP contribution is -2.18. The molecule has 8 heteroatoms. The van der Waals surface area contributed by atoms with Gasteiger partial charge in [-0.3, -0.25) is 4.72 Å². The number of nitrogens with one attached hydrogen (secondary N) is 1. The summed E-state index contributed by atoms with van der Waals surface area (Å²) in [6, 6.07) is 10.3. The molecule has 0 aliphatic heterocycles. The smallest absolute Gasteiger partial charge is 0.330 e. The highest BCUT2D eigenvalue weighted by Crippen LogP contribution is 2.34. The maximum absolute atomic E-state index is 13.0. The molecule has 0 spiro atoms. The summed E-state index contributed by atoms with van der Waals surface area (Å²) in [4.78, 5) is -0.807. The van der Waals surface area contributed by atoms with E-state index in [0.717, 1.165) is 23.8 Å². The van der Waals surface area contributed by atoms with Crippen LogP contribution >= 0.6 is 0 Å². The first-order valence-electron chi connectivity index (χ1n) is 8.13. The topological polar surface area (TPSA) is 72.2 Å². The highest BCUT2D eigenvalue weighted by Gasteiger charge is 2.36. The van der Waals surface area contributed by atoms with E-state index in [1.165, 1.54) is 24.6 Å². The highest BCUT2D eigenvalue weighted by atomic mass is 32.2. The first-order valence-corrected chi connectivity index (χ1v) is 9.62. The third-order valence-corrected chi connectivity index (χ3v) is 4.56. The van der Waals surface area contributed by atoms with E-state index in [-0.39, 0.29) is 5.69 Å². The highest BCUT2D eigenvalue weighted by molar-refractivity contribution is 7.92. The molecule has 0 aromatic heterocycles. The Hall–Kier alpha value is -2.06. The molecule has 144 valence electrons. The van der Waals surface area contributed by atoms with Gasteiger partial charge in [-0.05, 0) is 42.8 Å². The second-order valence-electron chi connectivity index (χ2n) is 5.54. The van der Waals surface area contributed by atoms with Gasteiger partial charge in [-0.2, -0.15) is 13.2 Å². The Balaban J connectivity index is 0.00000105. The summed E-state index contributed by atoms with van der Waals surface area (Å²) in [7, 11) is -4.35. The van der Waals surface area contributed by atoms with Gasteiger partial charge in [-0.25, -0.2) is 8.42 Å². The molecule has 0 saturated carbocycles. The van der Waals surface area contributed by atoms with Crippen LogP contribution in [0.25, 0.3) is 0 Å². The third kappa shape index (κ3) is 6.34. The van der Waals surface area contributed by atoms with Gasteiger partial charge in [0.15, 0.2) is 0 Å². The molecule has 26 heavy (non-hydrogen) atoms. The van der Waals surface area contributed by atoms with Crippen molar-refractivity contribution < 1.29 is 21.6 Å². The quantitative estimate of drug-likeness (QED) is 0.796. The fourth-order valence-corrected chi connectivity index (χ4v) is 3.34. The van der Waals surface area contributed by atoms with Crippen LogP contribution in [-0.4, -0.2) is 15.0 Å². The van der Waals surface area contributed by atoms with Crippen molar-refractivity contribution in [1.82, 2.24) is 0 Å². The SMILES string of the molecule is CCC.NCCc1ccc(NS(=O)(=O)c2ccccc2C(F)(F)F)cc1. The van der Waals surface area contributed by atoms with Gasteiger partial charge in [-0.1, -0.05) is 44.5 Å². The summed E-state index contributed by atoms with van der Waals surface area (Å²) in [6.45, 7) is 4.70. The van der Waals surface area contributed by atoms with Crippen molar-refractivity contribution in [1.29, 1.82) is 0 Å². The Bertz CT molecular complexity index is 789. The van der Waals surface area contributed by atoms with Crippen molar-refractivity contribution in [3.05, 3.63) is 59.7 Å². The molecule has 0 saturated heterocycles. The summed E-state index contributed by atoms with van der Waals surface area (Å²) in [6.07, 6.45) is -2.87. The van der Waals surface area contributed by atoms with Crippen LogP contribution in [0, 0.1) is 0 Å². The second-order valence-corrected chi connectivity index (χ2v) is 7.19. The maximum Gasteiger partial charge on any atom is 0.417 e. The minimum atomic E-state index is -4.75. The summed E-state index contributed by atoms with van der Waals surface area (Å²) in [5.74, 6) is 0. The van der Waals surface area contributed by atoms with Crippen molar-refractivity contribution in [3.63, 3.8) is 0 Å². The van der Waals surface area contributed by atoms with Crippen molar-refractivity contribution in [2.75, 3.05) is 11.3 Å². The van der Waals surface area contributed by atoms with Gasteiger partial charge < -0.3 is 5.73 Å². The zero-order valence-corrected chi connectivity index (χ0v) is 15.5. The maximum atomic E-state index is 13.0. The lowest BCUT2D eigenvalue weighted by molar-refractivity contribution is -0.139. The molecule has 2 aromatic carbocycles. The number of nitrogens with two attached hydrogens (primary N) is 1. The van der Waals surface area contributed by atoms with Crippen LogP contribution in [0.3, 0.4) is 0 Å². The van der Waals surface area contributed by atoms with Crippen LogP contribution in [0.5, 0.6) is 0 Å². The first kappa shape index (κ1) is 22.0. The molecule has 2 rings (SSSR count). The average Bonchev–Trinajstić information content (AvgIpc) is 2.57. The van der Waals surface area contributed by atoms with Gasteiger partial charge in [0.05, 0.1) is 10.5 Å². The van der Waals surface area contributed by atoms with Gasteiger partial charge in [0.2, 0.25) is 0 Å². The number of alkyl halides is 3. The number of sulfonamides is 1. The van der Waals surface area contributed by atoms with E-state index < -0.39 is 26.7 Å². The normalized spacial score (nSPS) is 11.5. The zero-order chi connectivity index (χ0) is 19.8. The van der Waals surface area contributed by atoms with E-state index in [1.807, 2.05) is 0 Å². The number of hydrogen-bond donors (Lipinski definition) is 2. The van der Waals surface area contributed by atoms with E-state index >= 15 is 0 Å². The van der Waals surface area contributed by atoms with Gasteiger partial charge in [0.1, 0.15) is 0 Å². The minimum absolute atomic E-state index is 0.183. The van der Waals surface area contributed by atoms with Crippen molar-refractivity contribution in [2.24, 2.45) is 5.73 Å². The Labute approximate surface area is 152 Å². The molecular weight excluding hydrogens is 365 g/mol. The summed E-state index contributed by atoms with van der Waals surface area (Å²) < 4.78 is 65.5. The monoisotopic (exact) mass is 388 g/mol. The molecule has 0 aliphatic carbocycles. The number of anilines is 1. The molecule has 0 radical (unpaired) electrons. The third-order valence-electron chi connectivity index (χ3n) is 3.12. The van der Waals surface area contributed by atoms with Crippen LogP contribution in [0.4, 0.5) is 18.9 Å². The van der Waals surface area contributed by atoms with E-state index in [4.69, 9.17) is 5.73 Å². The van der Waals surface area contributed by atoms with Crippen molar-refractivity contribution in [3.8, 4) is 0 Å². The summed E-state index contributed by atoms with van der Waals surface area (Å²) in [5, 5.41) is 0. The van der Waals surface area contributed by atoms with Crippen LogP contribution in [0.1, 0.15) is 31.4 Å². The van der Waals surface area contributed by atoms with Gasteiger partial charge in [-0.15, -0.1) is 0 Å². The molecule has 0 heterocycles. The molecule has 0 aliphatic rings. The number of halogens is 3. The predicted molar refractivity (Wildman–Crippen MR) is 97.4 cm³/mol. The van der Waals surface area contributed by atoms with E-state index in [2.05, 4.69) is 18.6 Å². The first-order chi connectivity index (χ1) is 12.2. The van der Waals surface area contributed by atoms with Crippen LogP contribution in [-0.2, 0) is 22.6 Å². The molecule has 4 nitrogen and oxygen atoms in total.